The Balaban J connectivity index is 2.14. The smallest absolute Gasteiger partial charge is 0.272 e. The number of rotatable bonds is 3. The summed E-state index contributed by atoms with van der Waals surface area (Å²) in [6.45, 7) is 0. The summed E-state index contributed by atoms with van der Waals surface area (Å²) in [6, 6.07) is 0. The Bertz CT molecular complexity index is 199. The fourth-order valence-corrected chi connectivity index (χ4v) is 1.37. The van der Waals surface area contributed by atoms with Gasteiger partial charge < -0.3 is 0 Å². The number of amides is 1. The van der Waals surface area contributed by atoms with E-state index < -0.39 is 18.5 Å². The molecule has 1 amide bonds. The Labute approximate surface area is 79.6 Å². The zero-order chi connectivity index (χ0) is 10.6. The van der Waals surface area contributed by atoms with E-state index in [1.54, 1.807) is 0 Å². The number of carbonyl (C=O) groups excluding carboxylic acids is 1. The summed E-state index contributed by atoms with van der Waals surface area (Å²) in [6.07, 6.45) is -2.48. The van der Waals surface area contributed by atoms with E-state index >= 15 is 0 Å². The zero-order valence-electron chi connectivity index (χ0n) is 7.56. The van der Waals surface area contributed by atoms with Gasteiger partial charge in [0.05, 0.1) is 6.10 Å². The lowest BCUT2D eigenvalue weighted by atomic mass is 10.3. The van der Waals surface area contributed by atoms with Gasteiger partial charge in [-0.05, 0) is 12.8 Å². The highest BCUT2D eigenvalue weighted by Crippen LogP contribution is 2.21. The van der Waals surface area contributed by atoms with Gasteiger partial charge in [0.25, 0.3) is 5.91 Å². The zero-order valence-corrected chi connectivity index (χ0v) is 7.56. The molecule has 0 heterocycles. The molecule has 0 spiro atoms. The molecule has 14 heavy (non-hydrogen) atoms. The minimum Gasteiger partial charge on any atom is -0.272 e. The van der Waals surface area contributed by atoms with Crippen LogP contribution in [0.2, 0.25) is 0 Å². The molecule has 1 fully saturated rings. The van der Waals surface area contributed by atoms with Crippen molar-refractivity contribution in [2.24, 2.45) is 0 Å². The maximum atomic E-state index is 11.7. The third-order valence-electron chi connectivity index (χ3n) is 2.00. The van der Waals surface area contributed by atoms with Gasteiger partial charge in [-0.2, -0.15) is 13.2 Å². The topological polar surface area (TPSA) is 38.3 Å². The van der Waals surface area contributed by atoms with E-state index in [2.05, 4.69) is 0 Å². The number of alkyl halides is 3. The maximum absolute atomic E-state index is 11.7. The van der Waals surface area contributed by atoms with E-state index in [4.69, 9.17) is 4.84 Å². The summed E-state index contributed by atoms with van der Waals surface area (Å²) in [5.74, 6) is -1.13. The molecular weight excluding hydrogens is 199 g/mol. The van der Waals surface area contributed by atoms with Gasteiger partial charge in [-0.15, -0.1) is 0 Å². The van der Waals surface area contributed by atoms with Crippen molar-refractivity contribution in [1.82, 2.24) is 5.48 Å². The lowest BCUT2D eigenvalue weighted by molar-refractivity contribution is -0.165. The molecule has 0 aromatic rings. The van der Waals surface area contributed by atoms with Crippen LogP contribution < -0.4 is 5.48 Å². The van der Waals surface area contributed by atoms with Crippen LogP contribution in [0.25, 0.3) is 0 Å². The summed E-state index contributed by atoms with van der Waals surface area (Å²) in [5, 5.41) is 0. The normalized spacial score (nSPS) is 18.5. The van der Waals surface area contributed by atoms with Crippen molar-refractivity contribution in [3.63, 3.8) is 0 Å². The molecular formula is C8H12F3NO2. The highest BCUT2D eigenvalue weighted by Gasteiger charge is 2.31. The van der Waals surface area contributed by atoms with Gasteiger partial charge in [0.1, 0.15) is 6.42 Å². The molecule has 1 N–H and O–H groups in total. The van der Waals surface area contributed by atoms with Gasteiger partial charge >= 0.3 is 6.18 Å². The molecule has 1 aliphatic carbocycles. The van der Waals surface area contributed by atoms with Crippen LogP contribution in [0.15, 0.2) is 0 Å². The molecule has 0 bridgehead atoms. The Hall–Kier alpha value is -0.780. The molecule has 0 atom stereocenters. The highest BCUT2D eigenvalue weighted by molar-refractivity contribution is 5.75. The van der Waals surface area contributed by atoms with Crippen LogP contribution in [0, 0.1) is 0 Å². The summed E-state index contributed by atoms with van der Waals surface area (Å²) in [5.41, 5.74) is 1.82. The lowest BCUT2D eigenvalue weighted by Crippen LogP contribution is -2.31. The van der Waals surface area contributed by atoms with Crippen molar-refractivity contribution in [1.29, 1.82) is 0 Å². The highest BCUT2D eigenvalue weighted by atomic mass is 19.4. The van der Waals surface area contributed by atoms with Gasteiger partial charge in [-0.25, -0.2) is 5.48 Å². The summed E-state index contributed by atoms with van der Waals surface area (Å²) in [4.78, 5) is 15.5. The van der Waals surface area contributed by atoms with Crippen LogP contribution in [-0.2, 0) is 9.63 Å². The van der Waals surface area contributed by atoms with Crippen molar-refractivity contribution in [3.05, 3.63) is 0 Å². The molecule has 1 aliphatic rings. The molecule has 0 aromatic heterocycles. The summed E-state index contributed by atoms with van der Waals surface area (Å²) >= 11 is 0. The largest absolute Gasteiger partial charge is 0.397 e. The number of hydrogen-bond donors (Lipinski definition) is 1. The first-order valence-electron chi connectivity index (χ1n) is 4.48. The van der Waals surface area contributed by atoms with Gasteiger partial charge in [0, 0.05) is 0 Å². The van der Waals surface area contributed by atoms with Crippen molar-refractivity contribution in [2.45, 2.75) is 44.4 Å². The third kappa shape index (κ3) is 4.45. The van der Waals surface area contributed by atoms with Crippen LogP contribution in [0.1, 0.15) is 32.1 Å². The van der Waals surface area contributed by atoms with E-state index in [0.29, 0.717) is 0 Å². The average molecular weight is 211 g/mol. The number of carbonyl (C=O) groups is 1. The van der Waals surface area contributed by atoms with Crippen molar-refractivity contribution < 1.29 is 22.8 Å². The molecule has 3 nitrogen and oxygen atoms in total. The number of halogens is 3. The summed E-state index contributed by atoms with van der Waals surface area (Å²) < 4.78 is 35.1. The standard InChI is InChI=1S/C8H12F3NO2/c9-8(10,11)5-7(13)12-14-6-3-1-2-4-6/h6H,1-5H2,(H,12,13). The molecule has 6 heteroatoms. The molecule has 0 saturated heterocycles. The number of nitrogens with one attached hydrogen (secondary N) is 1. The van der Waals surface area contributed by atoms with Crippen LogP contribution >= 0.6 is 0 Å². The Morgan fingerprint density at radius 3 is 2.43 bits per heavy atom. The molecule has 1 saturated carbocycles. The fraction of sp³-hybridized carbons (Fsp3) is 0.875. The molecule has 0 aliphatic heterocycles. The third-order valence-corrected chi connectivity index (χ3v) is 2.00. The van der Waals surface area contributed by atoms with Crippen LogP contribution in [0.5, 0.6) is 0 Å². The minimum absolute atomic E-state index is 0.118. The van der Waals surface area contributed by atoms with Crippen LogP contribution in [-0.4, -0.2) is 18.2 Å². The predicted molar refractivity (Wildman–Crippen MR) is 42.2 cm³/mol. The van der Waals surface area contributed by atoms with Crippen LogP contribution in [0.4, 0.5) is 13.2 Å². The van der Waals surface area contributed by atoms with Crippen molar-refractivity contribution in [3.8, 4) is 0 Å². The van der Waals surface area contributed by atoms with E-state index in [0.717, 1.165) is 25.7 Å². The molecule has 1 rings (SSSR count). The Morgan fingerprint density at radius 2 is 1.93 bits per heavy atom. The minimum atomic E-state index is -4.47. The van der Waals surface area contributed by atoms with Gasteiger partial charge in [-0.3, -0.25) is 9.63 Å². The molecule has 82 valence electrons. The first kappa shape index (κ1) is 11.3. The van der Waals surface area contributed by atoms with E-state index in [-0.39, 0.29) is 6.10 Å². The van der Waals surface area contributed by atoms with Gasteiger partial charge in [0.15, 0.2) is 0 Å². The van der Waals surface area contributed by atoms with Crippen molar-refractivity contribution in [2.75, 3.05) is 0 Å². The average Bonchev–Trinajstić information content (AvgIpc) is 2.49. The second-order valence-corrected chi connectivity index (χ2v) is 3.34. The second kappa shape index (κ2) is 4.63. The lowest BCUT2D eigenvalue weighted by Gasteiger charge is -2.12. The van der Waals surface area contributed by atoms with E-state index in [1.165, 1.54) is 0 Å². The van der Waals surface area contributed by atoms with E-state index in [1.807, 2.05) is 5.48 Å². The first-order valence-corrected chi connectivity index (χ1v) is 4.48. The van der Waals surface area contributed by atoms with Gasteiger partial charge in [-0.1, -0.05) is 12.8 Å². The first-order chi connectivity index (χ1) is 6.47. The monoisotopic (exact) mass is 211 g/mol. The maximum Gasteiger partial charge on any atom is 0.397 e. The van der Waals surface area contributed by atoms with Gasteiger partial charge in [0.2, 0.25) is 0 Å². The SMILES string of the molecule is O=C(CC(F)(F)F)NOC1CCCC1. The molecule has 0 aromatic carbocycles. The fourth-order valence-electron chi connectivity index (χ4n) is 1.37. The Kier molecular flexibility index (Phi) is 3.74. The Morgan fingerprint density at radius 1 is 1.36 bits per heavy atom. The predicted octanol–water partition coefficient (Wildman–Crippen LogP) is 1.93. The number of hydrogen-bond acceptors (Lipinski definition) is 2. The van der Waals surface area contributed by atoms with Crippen molar-refractivity contribution >= 4 is 5.91 Å². The van der Waals surface area contributed by atoms with E-state index in [9.17, 15) is 18.0 Å². The molecule has 0 unspecified atom stereocenters. The van der Waals surface area contributed by atoms with Crippen LogP contribution in [0.3, 0.4) is 0 Å². The quantitative estimate of drug-likeness (QED) is 0.724. The number of hydroxylamine groups is 1. The molecule has 0 radical (unpaired) electrons. The summed E-state index contributed by atoms with van der Waals surface area (Å²) in [7, 11) is 0. The second-order valence-electron chi connectivity index (χ2n) is 3.34.